The molecule has 3 heterocycles. The van der Waals surface area contributed by atoms with Gasteiger partial charge in [-0.15, -0.1) is 11.3 Å². The third-order valence-corrected chi connectivity index (χ3v) is 15.5. The van der Waals surface area contributed by atoms with E-state index in [9.17, 15) is 0 Å². The largest absolute Gasteiger partial charge is 0.311 e. The third-order valence-electron chi connectivity index (χ3n) is 14.2. The van der Waals surface area contributed by atoms with Crippen LogP contribution in [0.25, 0.3) is 21.2 Å². The normalized spacial score (nSPS) is 18.2. The van der Waals surface area contributed by atoms with Crippen molar-refractivity contribution in [2.24, 2.45) is 10.8 Å². The van der Waals surface area contributed by atoms with Gasteiger partial charge in [-0.1, -0.05) is 147 Å². The van der Waals surface area contributed by atoms with E-state index in [1.165, 1.54) is 95.1 Å². The van der Waals surface area contributed by atoms with Gasteiger partial charge in [0.05, 0.1) is 11.4 Å². The predicted molar refractivity (Wildman–Crippen MR) is 258 cm³/mol. The summed E-state index contributed by atoms with van der Waals surface area (Å²) in [5.41, 5.74) is 21.2. The Bertz CT molecular complexity index is 2750. The van der Waals surface area contributed by atoms with Gasteiger partial charge < -0.3 is 9.80 Å². The van der Waals surface area contributed by atoms with Crippen LogP contribution in [0.15, 0.2) is 132 Å². The Morgan fingerprint density at radius 2 is 1.25 bits per heavy atom. The van der Waals surface area contributed by atoms with E-state index in [0.717, 1.165) is 12.8 Å². The zero-order chi connectivity index (χ0) is 41.4. The highest BCUT2D eigenvalue weighted by Gasteiger charge is 2.52. The molecule has 2 nitrogen and oxygen atoms in total. The average Bonchev–Trinajstić information content (AvgIpc) is 3.58. The van der Waals surface area contributed by atoms with Crippen molar-refractivity contribution in [2.45, 2.75) is 113 Å². The molecule has 0 spiro atoms. The van der Waals surface area contributed by atoms with Crippen molar-refractivity contribution in [2.75, 3.05) is 9.80 Å². The van der Waals surface area contributed by atoms with Crippen molar-refractivity contribution >= 4 is 66.8 Å². The fraction of sp³-hybridized carbons (Fsp3) is 0.345. The lowest BCUT2D eigenvalue weighted by Crippen LogP contribution is -2.56. The molecule has 0 atom stereocenters. The van der Waals surface area contributed by atoms with Crippen LogP contribution in [0.1, 0.15) is 112 Å². The van der Waals surface area contributed by atoms with Crippen LogP contribution in [-0.4, -0.2) is 6.71 Å². The number of anilines is 5. The highest BCUT2D eigenvalue weighted by Crippen LogP contribution is 2.60. The number of hydrogen-bond donors (Lipinski definition) is 0. The van der Waals surface area contributed by atoms with Gasteiger partial charge in [-0.2, -0.15) is 0 Å². The van der Waals surface area contributed by atoms with E-state index < -0.39 is 0 Å². The number of thiophene rings is 1. The van der Waals surface area contributed by atoms with Gasteiger partial charge >= 0.3 is 0 Å². The Morgan fingerprint density at radius 1 is 0.627 bits per heavy atom. The molecule has 4 aliphatic rings. The van der Waals surface area contributed by atoms with Crippen LogP contribution in [0.4, 0.5) is 28.4 Å². The van der Waals surface area contributed by atoms with Crippen molar-refractivity contribution in [3.63, 3.8) is 0 Å². The monoisotopic (exact) mass is 790 g/mol. The van der Waals surface area contributed by atoms with E-state index >= 15 is 0 Å². The lowest BCUT2D eigenvalue weighted by atomic mass is 9.33. The van der Waals surface area contributed by atoms with E-state index in [1.807, 2.05) is 11.3 Å². The minimum Gasteiger partial charge on any atom is -0.311 e. The second-order valence-electron chi connectivity index (χ2n) is 21.3. The first-order valence-corrected chi connectivity index (χ1v) is 22.8. The zero-order valence-electron chi connectivity index (χ0n) is 37.1. The van der Waals surface area contributed by atoms with Crippen LogP contribution in [0.5, 0.6) is 0 Å². The summed E-state index contributed by atoms with van der Waals surface area (Å²) in [5.74, 6) is 0. The predicted octanol–water partition coefficient (Wildman–Crippen LogP) is 14.7. The third kappa shape index (κ3) is 5.94. The van der Waals surface area contributed by atoms with Crippen LogP contribution in [0, 0.1) is 17.8 Å². The minimum atomic E-state index is 0.0124. The van der Waals surface area contributed by atoms with Crippen LogP contribution >= 0.6 is 11.3 Å². The second kappa shape index (κ2) is 13.1. The number of nitrogens with zero attached hydrogens (tertiary/aromatic N) is 2. The Balaban J connectivity index is 1.35. The first-order valence-electron chi connectivity index (χ1n) is 22.0. The maximum atomic E-state index is 2.78. The molecule has 0 radical (unpaired) electrons. The van der Waals surface area contributed by atoms with Gasteiger partial charge in [0.15, 0.2) is 0 Å². The van der Waals surface area contributed by atoms with Gasteiger partial charge in [0, 0.05) is 43.2 Å². The van der Waals surface area contributed by atoms with Crippen LogP contribution in [-0.2, 0) is 10.8 Å². The van der Waals surface area contributed by atoms with Gasteiger partial charge in [0.1, 0.15) is 0 Å². The molecule has 1 aromatic heterocycles. The van der Waals surface area contributed by atoms with Crippen LogP contribution in [0.3, 0.4) is 0 Å². The fourth-order valence-corrected chi connectivity index (χ4v) is 12.3. The molecule has 0 saturated heterocycles. The Labute approximate surface area is 357 Å². The molecule has 2 aliphatic carbocycles. The Morgan fingerprint density at radius 3 is 1.95 bits per heavy atom. The Kier molecular flexibility index (Phi) is 8.53. The van der Waals surface area contributed by atoms with Gasteiger partial charge in [-0.3, -0.25) is 0 Å². The summed E-state index contributed by atoms with van der Waals surface area (Å²) in [6.07, 6.45) is 4.60. The molecule has 59 heavy (non-hydrogen) atoms. The molecule has 298 valence electrons. The number of allylic oxidation sites excluding steroid dienone is 3. The standard InChI is InChI=1S/C55H59BN2S/c1-34-31-44-48-45(32-34)58(43-28-23-37(53(5,6)7)33-40(43)35-17-13-12-14-18-35)50-42(27-26-41-47(50)55(10,11)30-29-54(41,8)9)56(48)51-49(39-19-15-16-20-46(39)59-51)57(44)38-24-21-36(22-25-38)52(2,3)4/h12-25,28,31-33H,26-27,29-30H2,1-11H3. The molecule has 2 aliphatic heterocycles. The number of fused-ring (bicyclic) bond motifs is 6. The van der Waals surface area contributed by atoms with Crippen LogP contribution in [0.2, 0.25) is 0 Å². The molecule has 6 aromatic rings. The van der Waals surface area contributed by atoms with E-state index in [0.29, 0.717) is 0 Å². The molecule has 0 saturated carbocycles. The van der Waals surface area contributed by atoms with Gasteiger partial charge in [-0.05, 0) is 130 Å². The quantitative estimate of drug-likeness (QED) is 0.165. The van der Waals surface area contributed by atoms with Gasteiger partial charge in [-0.25, -0.2) is 0 Å². The Hall–Kier alpha value is -4.80. The first-order chi connectivity index (χ1) is 27.9. The summed E-state index contributed by atoms with van der Waals surface area (Å²) in [6.45, 7) is 26.6. The number of rotatable bonds is 3. The number of hydrogen-bond acceptors (Lipinski definition) is 3. The summed E-state index contributed by atoms with van der Waals surface area (Å²) >= 11 is 2.02. The summed E-state index contributed by atoms with van der Waals surface area (Å²) in [5, 5.41) is 1.35. The van der Waals surface area contributed by atoms with E-state index in [4.69, 9.17) is 0 Å². The van der Waals surface area contributed by atoms with Crippen molar-refractivity contribution in [1.82, 2.24) is 0 Å². The lowest BCUT2D eigenvalue weighted by Gasteiger charge is -2.53. The molecule has 0 N–H and O–H groups in total. The van der Waals surface area contributed by atoms with E-state index in [2.05, 4.69) is 195 Å². The van der Waals surface area contributed by atoms with Crippen molar-refractivity contribution in [3.05, 3.63) is 148 Å². The maximum absolute atomic E-state index is 2.78. The molecule has 0 unspecified atom stereocenters. The molecule has 0 fully saturated rings. The van der Waals surface area contributed by atoms with Gasteiger partial charge in [0.2, 0.25) is 0 Å². The second-order valence-corrected chi connectivity index (χ2v) is 22.4. The summed E-state index contributed by atoms with van der Waals surface area (Å²) in [7, 11) is 0. The van der Waals surface area contributed by atoms with E-state index in [-0.39, 0.29) is 28.4 Å². The molecule has 0 bridgehead atoms. The molecule has 10 rings (SSSR count). The summed E-state index contributed by atoms with van der Waals surface area (Å²) in [6, 6.07) is 42.2. The highest BCUT2D eigenvalue weighted by molar-refractivity contribution is 7.32. The maximum Gasteiger partial charge on any atom is 0.260 e. The zero-order valence-corrected chi connectivity index (χ0v) is 37.9. The highest BCUT2D eigenvalue weighted by atomic mass is 32.1. The number of aryl methyl sites for hydroxylation is 1. The molecule has 0 amide bonds. The minimum absolute atomic E-state index is 0.0124. The van der Waals surface area contributed by atoms with Crippen LogP contribution < -0.4 is 20.0 Å². The smallest absolute Gasteiger partial charge is 0.260 e. The van der Waals surface area contributed by atoms with Crippen molar-refractivity contribution < 1.29 is 0 Å². The van der Waals surface area contributed by atoms with Crippen molar-refractivity contribution in [1.29, 1.82) is 0 Å². The first kappa shape index (κ1) is 38.4. The lowest BCUT2D eigenvalue weighted by molar-refractivity contribution is 0.254. The summed E-state index contributed by atoms with van der Waals surface area (Å²) in [4.78, 5) is 5.41. The summed E-state index contributed by atoms with van der Waals surface area (Å²) < 4.78 is 2.85. The molecule has 4 heteroatoms. The number of benzene rings is 5. The SMILES string of the molecule is Cc1cc2c3c(c1)N(c1ccc(C(C)(C)C)cc1)c1c(sc4ccccc14)B3C1=C(C3=C(CC1)C(C)(C)CCC3(C)C)N2c1ccc(C(C)(C)C)cc1-c1ccccc1. The molecular weight excluding hydrogens is 731 g/mol. The van der Waals surface area contributed by atoms with Gasteiger partial charge in [0.25, 0.3) is 6.71 Å². The average molecular weight is 791 g/mol. The topological polar surface area (TPSA) is 6.48 Å². The van der Waals surface area contributed by atoms with Crippen molar-refractivity contribution in [3.8, 4) is 11.1 Å². The fourth-order valence-electron chi connectivity index (χ4n) is 10.9. The van der Waals surface area contributed by atoms with E-state index in [1.54, 1.807) is 16.6 Å². The molecule has 5 aromatic carbocycles. The molecular formula is C55H59BN2S.